The van der Waals surface area contributed by atoms with Gasteiger partial charge in [0.25, 0.3) is 0 Å². The summed E-state index contributed by atoms with van der Waals surface area (Å²) < 4.78 is 39.6. The molecule has 2 aliphatic rings. The highest BCUT2D eigenvalue weighted by molar-refractivity contribution is 5.85. The van der Waals surface area contributed by atoms with Crippen LogP contribution < -0.4 is 5.32 Å². The Bertz CT molecular complexity index is 628. The average molecular weight is 297 g/mol. The van der Waals surface area contributed by atoms with E-state index in [1.165, 1.54) is 6.21 Å². The first-order valence-electron chi connectivity index (χ1n) is 6.53. The van der Waals surface area contributed by atoms with Crippen molar-refractivity contribution in [2.24, 2.45) is 4.99 Å². The van der Waals surface area contributed by atoms with E-state index in [-0.39, 0.29) is 18.5 Å². The highest BCUT2D eigenvalue weighted by Gasteiger charge is 2.40. The van der Waals surface area contributed by atoms with Crippen LogP contribution in [0.2, 0.25) is 0 Å². The predicted octanol–water partition coefficient (Wildman–Crippen LogP) is 2.11. The maximum absolute atomic E-state index is 12.6. The molecule has 1 N–H and O–H groups in total. The smallest absolute Gasteiger partial charge is 0.295 e. The number of nitrogens with zero attached hydrogens (tertiary/aromatic N) is 4. The van der Waals surface area contributed by atoms with Crippen LogP contribution in [0.5, 0.6) is 0 Å². The Hall–Kier alpha value is -1.96. The molecule has 0 fully saturated rings. The van der Waals surface area contributed by atoms with E-state index in [2.05, 4.69) is 27.1 Å². The second-order valence-electron chi connectivity index (χ2n) is 5.15. The highest BCUT2D eigenvalue weighted by Crippen LogP contribution is 2.31. The quantitative estimate of drug-likeness (QED) is 0.864. The summed E-state index contributed by atoms with van der Waals surface area (Å²) in [6, 6.07) is -2.01. The normalized spacial score (nSPS) is 29.2. The minimum absolute atomic E-state index is 0.0716. The molecule has 0 spiro atoms. The van der Waals surface area contributed by atoms with Crippen molar-refractivity contribution in [3.8, 4) is 0 Å². The largest absolute Gasteiger partial charge is 0.411 e. The van der Waals surface area contributed by atoms with E-state index in [0.29, 0.717) is 11.3 Å². The molecule has 0 saturated heterocycles. The van der Waals surface area contributed by atoms with Crippen molar-refractivity contribution < 1.29 is 13.2 Å². The summed E-state index contributed by atoms with van der Waals surface area (Å²) in [5.41, 5.74) is 1.36. The Morgan fingerprint density at radius 3 is 2.81 bits per heavy atom. The summed E-state index contributed by atoms with van der Waals surface area (Å²) in [5.74, 6) is 0.734. The number of dihydropyridines is 1. The van der Waals surface area contributed by atoms with E-state index in [4.69, 9.17) is 0 Å². The molecule has 0 amide bonds. The fourth-order valence-electron chi connectivity index (χ4n) is 2.56. The van der Waals surface area contributed by atoms with E-state index in [9.17, 15) is 13.2 Å². The molecule has 0 bridgehead atoms. The lowest BCUT2D eigenvalue weighted by molar-refractivity contribution is -0.146. The molecule has 0 aliphatic carbocycles. The number of alkyl halides is 3. The zero-order valence-electron chi connectivity index (χ0n) is 11.3. The Morgan fingerprint density at radius 2 is 2.19 bits per heavy atom. The molecule has 1 aromatic heterocycles. The molecule has 1 aromatic rings. The van der Waals surface area contributed by atoms with Gasteiger partial charge in [0.15, 0.2) is 5.82 Å². The molecular weight excluding hydrogens is 283 g/mol. The maximum atomic E-state index is 12.6. The van der Waals surface area contributed by atoms with Gasteiger partial charge < -0.3 is 0 Å². The first-order valence-corrected chi connectivity index (χ1v) is 6.53. The number of aromatic nitrogens is 3. The van der Waals surface area contributed by atoms with Gasteiger partial charge in [0.05, 0.1) is 12.1 Å². The lowest BCUT2D eigenvalue weighted by atomic mass is 9.97. The van der Waals surface area contributed by atoms with Gasteiger partial charge in [-0.3, -0.25) is 14.9 Å². The second-order valence-corrected chi connectivity index (χ2v) is 5.15. The maximum Gasteiger partial charge on any atom is 0.411 e. The monoisotopic (exact) mass is 297 g/mol. The van der Waals surface area contributed by atoms with Crippen LogP contribution in [0.3, 0.4) is 0 Å². The molecule has 3 unspecified atom stereocenters. The second kappa shape index (κ2) is 4.80. The molecule has 0 saturated carbocycles. The molecule has 8 heteroatoms. The summed E-state index contributed by atoms with van der Waals surface area (Å²) in [4.78, 5) is 3.62. The zero-order chi connectivity index (χ0) is 15.2. The lowest BCUT2D eigenvalue weighted by Gasteiger charge is -2.33. The van der Waals surface area contributed by atoms with Crippen LogP contribution in [-0.2, 0) is 0 Å². The van der Waals surface area contributed by atoms with Crippen LogP contribution in [0.4, 0.5) is 13.2 Å². The van der Waals surface area contributed by atoms with Gasteiger partial charge in [-0.25, -0.2) is 0 Å². The zero-order valence-corrected chi connectivity index (χ0v) is 11.3. The van der Waals surface area contributed by atoms with Crippen molar-refractivity contribution in [3.05, 3.63) is 30.4 Å². The topological polar surface area (TPSA) is 55.1 Å². The summed E-state index contributed by atoms with van der Waals surface area (Å²) in [6.07, 6.45) is -0.0435. The molecule has 2 aliphatic heterocycles. The van der Waals surface area contributed by atoms with Crippen molar-refractivity contribution >= 4 is 11.9 Å². The van der Waals surface area contributed by atoms with Gasteiger partial charge in [-0.2, -0.15) is 13.2 Å². The van der Waals surface area contributed by atoms with E-state index in [1.54, 1.807) is 17.0 Å². The summed E-state index contributed by atoms with van der Waals surface area (Å²) in [5, 5.41) is 11.1. The van der Waals surface area contributed by atoms with Crippen LogP contribution >= 0.6 is 0 Å². The predicted molar refractivity (Wildman–Crippen MR) is 71.7 cm³/mol. The number of nitrogens with one attached hydrogen (secondary N) is 1. The van der Waals surface area contributed by atoms with E-state index >= 15 is 0 Å². The number of fused-ring (bicyclic) bond motifs is 1. The van der Waals surface area contributed by atoms with Crippen molar-refractivity contribution in [2.75, 3.05) is 0 Å². The van der Waals surface area contributed by atoms with Gasteiger partial charge in [-0.05, 0) is 18.9 Å². The first-order chi connectivity index (χ1) is 9.88. The number of rotatable bonds is 1. The lowest BCUT2D eigenvalue weighted by Crippen LogP contribution is -2.42. The molecule has 3 heterocycles. The van der Waals surface area contributed by atoms with Crippen molar-refractivity contribution in [1.29, 1.82) is 0 Å². The van der Waals surface area contributed by atoms with Crippen LogP contribution in [-0.4, -0.2) is 39.2 Å². The fourth-order valence-corrected chi connectivity index (χ4v) is 2.56. The summed E-state index contributed by atoms with van der Waals surface area (Å²) in [6.45, 7) is 5.90. The third-order valence-corrected chi connectivity index (χ3v) is 3.71. The van der Waals surface area contributed by atoms with Crippen LogP contribution in [0.1, 0.15) is 25.2 Å². The highest BCUT2D eigenvalue weighted by atomic mass is 19.4. The van der Waals surface area contributed by atoms with Gasteiger partial charge in [0, 0.05) is 11.9 Å². The number of hydrogen-bond acceptors (Lipinski definition) is 4. The molecule has 3 atom stereocenters. The molecule has 0 aromatic carbocycles. The Labute approximate surface area is 119 Å². The molecule has 0 radical (unpaired) electrons. The van der Waals surface area contributed by atoms with Gasteiger partial charge in [0.2, 0.25) is 0 Å². The van der Waals surface area contributed by atoms with E-state index in [1.807, 2.05) is 6.92 Å². The third kappa shape index (κ3) is 2.39. The van der Waals surface area contributed by atoms with E-state index < -0.39 is 12.2 Å². The molecular formula is C13H14F3N5. The van der Waals surface area contributed by atoms with Gasteiger partial charge >= 0.3 is 6.18 Å². The van der Waals surface area contributed by atoms with Crippen LogP contribution in [0, 0.1) is 0 Å². The number of halogens is 3. The SMILES string of the molecule is C=C1C(C2=CCC(C(F)(F)F)N=C2)NC(C)c2nncn21. The minimum atomic E-state index is -4.30. The third-order valence-electron chi connectivity index (χ3n) is 3.71. The van der Waals surface area contributed by atoms with Gasteiger partial charge in [0.1, 0.15) is 12.4 Å². The molecule has 21 heavy (non-hydrogen) atoms. The number of hydrogen-bond donors (Lipinski definition) is 1. The Morgan fingerprint density at radius 1 is 1.43 bits per heavy atom. The van der Waals surface area contributed by atoms with Crippen LogP contribution in [0.15, 0.2) is 29.5 Å². The van der Waals surface area contributed by atoms with Gasteiger partial charge in [-0.1, -0.05) is 12.7 Å². The minimum Gasteiger partial charge on any atom is -0.295 e. The summed E-state index contributed by atoms with van der Waals surface area (Å²) in [7, 11) is 0. The Kier molecular flexibility index (Phi) is 3.20. The number of aliphatic imine (C=N–C) groups is 1. The molecule has 5 nitrogen and oxygen atoms in total. The summed E-state index contributed by atoms with van der Waals surface area (Å²) >= 11 is 0. The van der Waals surface area contributed by atoms with Crippen molar-refractivity contribution in [3.63, 3.8) is 0 Å². The van der Waals surface area contributed by atoms with E-state index in [0.717, 1.165) is 5.82 Å². The fraction of sp³-hybridized carbons (Fsp3) is 0.462. The van der Waals surface area contributed by atoms with Crippen molar-refractivity contribution in [1.82, 2.24) is 20.1 Å². The van der Waals surface area contributed by atoms with Crippen molar-refractivity contribution in [2.45, 2.75) is 37.6 Å². The molecule has 3 rings (SSSR count). The Balaban J connectivity index is 1.83. The first kappa shape index (κ1) is 14.0. The van der Waals surface area contributed by atoms with Gasteiger partial charge in [-0.15, -0.1) is 10.2 Å². The molecule has 112 valence electrons. The average Bonchev–Trinajstić information content (AvgIpc) is 2.92. The standard InChI is InChI=1S/C13H14F3N5/c1-7-12-20-18-6-21(12)8(2)11(19-7)9-3-4-10(17-5-9)13(14,15)16/h3,5-7,10-11,19H,2,4H2,1H3. The van der Waals surface area contributed by atoms with Crippen LogP contribution in [0.25, 0.3) is 5.70 Å².